The second kappa shape index (κ2) is 13.8. The number of halogens is 1. The molecule has 2 amide bonds. The van der Waals surface area contributed by atoms with E-state index in [9.17, 15) is 19.5 Å². The molecule has 0 aliphatic carbocycles. The van der Waals surface area contributed by atoms with Gasteiger partial charge in [-0.05, 0) is 53.8 Å². The first-order valence-electron chi connectivity index (χ1n) is 11.7. The topological polar surface area (TPSA) is 120 Å². The maximum Gasteiger partial charge on any atom is 0.305 e. The molecule has 188 valence electrons. The van der Waals surface area contributed by atoms with Crippen molar-refractivity contribution in [3.05, 3.63) is 83.5 Å². The van der Waals surface area contributed by atoms with Crippen molar-refractivity contribution >= 4 is 35.2 Å². The average molecular weight is 509 g/mol. The standard InChI is InChI=1S/C27H29ClN4O4/c28-22-13-11-20(12-14-22)19-7-9-21(10-8-19)23(17-27(35)36)32-26(34)18-31-25(33)6-2-4-16-30-24-5-1-3-15-29-24/h1,3,5,7-15,23H,2,4,6,16-18H2,(H,29,30)(H,31,33)(H,32,34)(H,35,36). The van der Waals surface area contributed by atoms with Crippen LogP contribution in [0.4, 0.5) is 5.82 Å². The van der Waals surface area contributed by atoms with E-state index in [-0.39, 0.29) is 18.9 Å². The fraction of sp³-hybridized carbons (Fsp3) is 0.259. The summed E-state index contributed by atoms with van der Waals surface area (Å²) in [5.74, 6) is -0.933. The zero-order valence-electron chi connectivity index (χ0n) is 19.7. The molecular weight excluding hydrogens is 480 g/mol. The number of carboxylic acids is 1. The molecule has 9 heteroatoms. The van der Waals surface area contributed by atoms with Crippen LogP contribution in [0.15, 0.2) is 72.9 Å². The number of carbonyl (C=O) groups is 3. The minimum Gasteiger partial charge on any atom is -0.481 e. The molecular formula is C27H29ClN4O4. The largest absolute Gasteiger partial charge is 0.481 e. The summed E-state index contributed by atoms with van der Waals surface area (Å²) in [6.45, 7) is 0.475. The van der Waals surface area contributed by atoms with E-state index in [1.54, 1.807) is 30.5 Å². The summed E-state index contributed by atoms with van der Waals surface area (Å²) in [4.78, 5) is 40.0. The van der Waals surface area contributed by atoms with Crippen LogP contribution in [0, 0.1) is 0 Å². The Labute approximate surface area is 215 Å². The van der Waals surface area contributed by atoms with E-state index < -0.39 is 17.9 Å². The Hall–Kier alpha value is -3.91. The monoisotopic (exact) mass is 508 g/mol. The smallest absolute Gasteiger partial charge is 0.305 e. The number of pyridine rings is 1. The Morgan fingerprint density at radius 3 is 2.22 bits per heavy atom. The lowest BCUT2D eigenvalue weighted by molar-refractivity contribution is -0.138. The van der Waals surface area contributed by atoms with E-state index in [0.29, 0.717) is 30.0 Å². The quantitative estimate of drug-likeness (QED) is 0.253. The summed E-state index contributed by atoms with van der Waals surface area (Å²) >= 11 is 5.94. The van der Waals surface area contributed by atoms with Gasteiger partial charge in [0.15, 0.2) is 0 Å². The van der Waals surface area contributed by atoms with Crippen molar-refractivity contribution in [3.63, 3.8) is 0 Å². The van der Waals surface area contributed by atoms with Gasteiger partial charge in [0.1, 0.15) is 5.82 Å². The first-order chi connectivity index (χ1) is 17.4. The number of anilines is 1. The van der Waals surface area contributed by atoms with Gasteiger partial charge in [-0.3, -0.25) is 14.4 Å². The van der Waals surface area contributed by atoms with Crippen molar-refractivity contribution in [1.82, 2.24) is 15.6 Å². The number of nitrogens with one attached hydrogen (secondary N) is 3. The number of benzene rings is 2. The van der Waals surface area contributed by atoms with Crippen LogP contribution in [0.5, 0.6) is 0 Å². The number of hydrogen-bond acceptors (Lipinski definition) is 5. The molecule has 0 saturated heterocycles. The lowest BCUT2D eigenvalue weighted by Gasteiger charge is -2.18. The van der Waals surface area contributed by atoms with E-state index >= 15 is 0 Å². The Morgan fingerprint density at radius 1 is 0.889 bits per heavy atom. The number of amides is 2. The highest BCUT2D eigenvalue weighted by Crippen LogP contribution is 2.24. The summed E-state index contributed by atoms with van der Waals surface area (Å²) < 4.78 is 0. The van der Waals surface area contributed by atoms with E-state index in [1.807, 2.05) is 42.5 Å². The first-order valence-corrected chi connectivity index (χ1v) is 12.1. The number of unbranched alkanes of at least 4 members (excludes halogenated alkanes) is 1. The van der Waals surface area contributed by atoms with Crippen LogP contribution >= 0.6 is 11.6 Å². The van der Waals surface area contributed by atoms with E-state index in [2.05, 4.69) is 20.9 Å². The van der Waals surface area contributed by atoms with Crippen LogP contribution < -0.4 is 16.0 Å². The van der Waals surface area contributed by atoms with Gasteiger partial charge >= 0.3 is 5.97 Å². The van der Waals surface area contributed by atoms with Crippen LogP contribution in [-0.4, -0.2) is 41.0 Å². The van der Waals surface area contributed by atoms with Crippen molar-refractivity contribution in [2.24, 2.45) is 0 Å². The Kier molecular flexibility index (Phi) is 10.3. The Bertz CT molecular complexity index is 1140. The number of rotatable bonds is 13. The second-order valence-corrected chi connectivity index (χ2v) is 8.66. The lowest BCUT2D eigenvalue weighted by atomic mass is 9.99. The summed E-state index contributed by atoms with van der Waals surface area (Å²) in [6.07, 6.45) is 3.17. The predicted octanol–water partition coefficient (Wildman–Crippen LogP) is 4.43. The fourth-order valence-corrected chi connectivity index (χ4v) is 3.71. The number of carboxylic acid groups (broad SMARTS) is 1. The normalized spacial score (nSPS) is 11.4. The molecule has 8 nitrogen and oxygen atoms in total. The molecule has 36 heavy (non-hydrogen) atoms. The van der Waals surface area contributed by atoms with Crippen molar-refractivity contribution < 1.29 is 19.5 Å². The average Bonchev–Trinajstić information content (AvgIpc) is 2.88. The number of nitrogens with zero attached hydrogens (tertiary/aromatic N) is 1. The summed E-state index contributed by atoms with van der Waals surface area (Å²) in [6, 6.07) is 19.6. The van der Waals surface area contributed by atoms with Gasteiger partial charge in [0.25, 0.3) is 0 Å². The van der Waals surface area contributed by atoms with E-state index in [1.165, 1.54) is 0 Å². The first kappa shape index (κ1) is 26.7. The minimum atomic E-state index is -1.04. The molecule has 1 unspecified atom stereocenters. The summed E-state index contributed by atoms with van der Waals surface area (Å²) in [7, 11) is 0. The van der Waals surface area contributed by atoms with Gasteiger partial charge in [-0.1, -0.05) is 54.1 Å². The molecule has 0 aliphatic heterocycles. The van der Waals surface area contributed by atoms with Crippen LogP contribution in [-0.2, 0) is 14.4 Å². The number of aromatic nitrogens is 1. The van der Waals surface area contributed by atoms with Gasteiger partial charge in [0.2, 0.25) is 11.8 Å². The van der Waals surface area contributed by atoms with Gasteiger partial charge in [0.05, 0.1) is 19.0 Å². The minimum absolute atomic E-state index is 0.218. The number of carbonyl (C=O) groups excluding carboxylic acids is 2. The Balaban J connectivity index is 1.44. The van der Waals surface area contributed by atoms with Gasteiger partial charge in [-0.2, -0.15) is 0 Å². The molecule has 0 aliphatic rings. The van der Waals surface area contributed by atoms with Crippen LogP contribution in [0.3, 0.4) is 0 Å². The third-order valence-corrected chi connectivity index (χ3v) is 5.70. The summed E-state index contributed by atoms with van der Waals surface area (Å²) in [5, 5.41) is 18.4. The maximum atomic E-state index is 12.4. The highest BCUT2D eigenvalue weighted by Gasteiger charge is 2.18. The van der Waals surface area contributed by atoms with Gasteiger partial charge in [-0.15, -0.1) is 0 Å². The number of hydrogen-bond donors (Lipinski definition) is 4. The predicted molar refractivity (Wildman–Crippen MR) is 140 cm³/mol. The molecule has 1 atom stereocenters. The molecule has 3 aromatic rings. The molecule has 0 bridgehead atoms. The van der Waals surface area contributed by atoms with Crippen molar-refractivity contribution in [2.75, 3.05) is 18.4 Å². The molecule has 0 saturated carbocycles. The molecule has 0 spiro atoms. The summed E-state index contributed by atoms with van der Waals surface area (Å²) in [5.41, 5.74) is 2.58. The van der Waals surface area contributed by atoms with Crippen molar-refractivity contribution in [3.8, 4) is 11.1 Å². The molecule has 1 aromatic heterocycles. The fourth-order valence-electron chi connectivity index (χ4n) is 3.58. The van der Waals surface area contributed by atoms with Crippen molar-refractivity contribution in [2.45, 2.75) is 31.7 Å². The third-order valence-electron chi connectivity index (χ3n) is 5.45. The Morgan fingerprint density at radius 2 is 1.58 bits per heavy atom. The van der Waals surface area contributed by atoms with Crippen LogP contribution in [0.25, 0.3) is 11.1 Å². The lowest BCUT2D eigenvalue weighted by Crippen LogP contribution is -2.39. The molecule has 4 N–H and O–H groups in total. The molecule has 1 heterocycles. The van der Waals surface area contributed by atoms with E-state index in [4.69, 9.17) is 11.6 Å². The maximum absolute atomic E-state index is 12.4. The zero-order valence-corrected chi connectivity index (χ0v) is 20.5. The van der Waals surface area contributed by atoms with Crippen LogP contribution in [0.1, 0.15) is 37.3 Å². The highest BCUT2D eigenvalue weighted by molar-refractivity contribution is 6.30. The SMILES string of the molecule is O=C(O)CC(NC(=O)CNC(=O)CCCCNc1ccccn1)c1ccc(-c2ccc(Cl)cc2)cc1. The molecule has 3 rings (SSSR count). The third kappa shape index (κ3) is 9.03. The van der Waals surface area contributed by atoms with Gasteiger partial charge in [0, 0.05) is 24.2 Å². The van der Waals surface area contributed by atoms with Gasteiger partial charge < -0.3 is 21.1 Å². The van der Waals surface area contributed by atoms with Gasteiger partial charge in [-0.25, -0.2) is 4.98 Å². The van der Waals surface area contributed by atoms with Crippen molar-refractivity contribution in [1.29, 1.82) is 0 Å². The molecule has 0 fully saturated rings. The zero-order chi connectivity index (χ0) is 25.8. The second-order valence-electron chi connectivity index (χ2n) is 8.22. The molecule has 0 radical (unpaired) electrons. The van der Waals surface area contributed by atoms with Crippen LogP contribution in [0.2, 0.25) is 5.02 Å². The molecule has 2 aromatic carbocycles. The van der Waals surface area contributed by atoms with E-state index in [0.717, 1.165) is 23.4 Å². The number of aliphatic carboxylic acids is 1. The highest BCUT2D eigenvalue weighted by atomic mass is 35.5.